The quantitative estimate of drug-likeness (QED) is 0.688. The lowest BCUT2D eigenvalue weighted by atomic mass is 10.1. The number of pyridine rings is 1. The lowest BCUT2D eigenvalue weighted by Gasteiger charge is -2.03. The summed E-state index contributed by atoms with van der Waals surface area (Å²) in [6, 6.07) is 14.1. The summed E-state index contributed by atoms with van der Waals surface area (Å²) < 4.78 is 4.70. The number of aromatic nitrogens is 1. The highest BCUT2D eigenvalue weighted by molar-refractivity contribution is 7.15. The third-order valence-electron chi connectivity index (χ3n) is 3.12. The molecule has 0 bridgehead atoms. The average molecular weight is 283 g/mol. The van der Waals surface area contributed by atoms with Crippen LogP contribution in [-0.4, -0.2) is 18.1 Å². The first-order chi connectivity index (χ1) is 9.78. The summed E-state index contributed by atoms with van der Waals surface area (Å²) in [5, 5.41) is 1.13. The minimum Gasteiger partial charge on any atom is -0.469 e. The lowest BCUT2D eigenvalue weighted by molar-refractivity contribution is -0.139. The van der Waals surface area contributed by atoms with Gasteiger partial charge in [0.25, 0.3) is 0 Å². The summed E-state index contributed by atoms with van der Waals surface area (Å²) in [7, 11) is 1.41. The van der Waals surface area contributed by atoms with E-state index >= 15 is 0 Å². The van der Waals surface area contributed by atoms with Gasteiger partial charge >= 0.3 is 5.97 Å². The number of esters is 1. The van der Waals surface area contributed by atoms with Gasteiger partial charge in [0.2, 0.25) is 0 Å². The zero-order valence-electron chi connectivity index (χ0n) is 11.0. The third kappa shape index (κ3) is 2.42. The number of hydrogen-bond donors (Lipinski definition) is 0. The maximum atomic E-state index is 11.3. The van der Waals surface area contributed by atoms with Crippen molar-refractivity contribution in [2.24, 2.45) is 0 Å². The molecule has 0 saturated heterocycles. The van der Waals surface area contributed by atoms with E-state index in [1.165, 1.54) is 7.11 Å². The number of hydrogen-bond acceptors (Lipinski definition) is 4. The van der Waals surface area contributed by atoms with Crippen molar-refractivity contribution in [3.8, 4) is 10.4 Å². The van der Waals surface area contributed by atoms with Crippen LogP contribution in [0.1, 0.15) is 4.88 Å². The smallest absolute Gasteiger partial charge is 0.310 e. The lowest BCUT2D eigenvalue weighted by Crippen LogP contribution is -2.02. The van der Waals surface area contributed by atoms with Gasteiger partial charge in [0.1, 0.15) is 0 Å². The van der Waals surface area contributed by atoms with Gasteiger partial charge in [0.05, 0.1) is 19.0 Å². The summed E-state index contributed by atoms with van der Waals surface area (Å²) in [5.74, 6) is -0.210. The number of methoxy groups -OCH3 is 1. The highest BCUT2D eigenvalue weighted by Crippen LogP contribution is 2.33. The van der Waals surface area contributed by atoms with Gasteiger partial charge in [0.15, 0.2) is 0 Å². The highest BCUT2D eigenvalue weighted by atomic mass is 32.1. The second-order valence-electron chi connectivity index (χ2n) is 4.39. The topological polar surface area (TPSA) is 39.2 Å². The van der Waals surface area contributed by atoms with Crippen LogP contribution in [0.15, 0.2) is 48.7 Å². The fraction of sp³-hybridized carbons (Fsp3) is 0.125. The van der Waals surface area contributed by atoms with Crippen LogP contribution in [0.5, 0.6) is 0 Å². The molecular formula is C16H13NO2S. The van der Waals surface area contributed by atoms with Gasteiger partial charge in [-0.15, -0.1) is 11.3 Å². The van der Waals surface area contributed by atoms with E-state index < -0.39 is 0 Å². The molecule has 3 rings (SSSR count). The van der Waals surface area contributed by atoms with Gasteiger partial charge in [-0.25, -0.2) is 0 Å². The standard InChI is InChI=1S/C16H13NO2S/c1-19-16(18)10-11-7-8-15(20-11)13-4-2-6-14-12(13)5-3-9-17-14/h2-9H,10H2,1H3. The van der Waals surface area contributed by atoms with E-state index in [4.69, 9.17) is 4.74 Å². The Kier molecular flexibility index (Phi) is 3.48. The van der Waals surface area contributed by atoms with Crippen LogP contribution in [0.4, 0.5) is 0 Å². The van der Waals surface area contributed by atoms with Gasteiger partial charge in [-0.05, 0) is 24.3 Å². The van der Waals surface area contributed by atoms with E-state index in [9.17, 15) is 4.79 Å². The predicted octanol–water partition coefficient (Wildman–Crippen LogP) is 3.68. The van der Waals surface area contributed by atoms with E-state index in [0.29, 0.717) is 6.42 Å². The first-order valence-corrected chi connectivity index (χ1v) is 7.09. The van der Waals surface area contributed by atoms with Crippen molar-refractivity contribution < 1.29 is 9.53 Å². The van der Waals surface area contributed by atoms with Crippen molar-refractivity contribution in [1.82, 2.24) is 4.98 Å². The molecule has 0 atom stereocenters. The summed E-state index contributed by atoms with van der Waals surface area (Å²) in [6.45, 7) is 0. The molecule has 100 valence electrons. The Morgan fingerprint density at radius 1 is 1.20 bits per heavy atom. The SMILES string of the molecule is COC(=O)Cc1ccc(-c2cccc3ncccc23)s1. The molecule has 0 saturated carbocycles. The molecule has 0 aliphatic rings. The zero-order valence-corrected chi connectivity index (χ0v) is 11.8. The van der Waals surface area contributed by atoms with Gasteiger partial charge in [0, 0.05) is 26.9 Å². The Labute approximate surface area is 120 Å². The van der Waals surface area contributed by atoms with E-state index in [2.05, 4.69) is 17.1 Å². The van der Waals surface area contributed by atoms with Crippen LogP contribution < -0.4 is 0 Å². The summed E-state index contributed by atoms with van der Waals surface area (Å²) in [4.78, 5) is 17.8. The molecule has 0 unspecified atom stereocenters. The van der Waals surface area contributed by atoms with Crippen LogP contribution in [-0.2, 0) is 16.0 Å². The number of rotatable bonds is 3. The molecular weight excluding hydrogens is 270 g/mol. The molecule has 0 aliphatic heterocycles. The Morgan fingerprint density at radius 3 is 2.95 bits per heavy atom. The fourth-order valence-electron chi connectivity index (χ4n) is 2.15. The van der Waals surface area contributed by atoms with Crippen LogP contribution in [0.25, 0.3) is 21.3 Å². The van der Waals surface area contributed by atoms with Crippen molar-refractivity contribution in [1.29, 1.82) is 0 Å². The molecule has 2 heterocycles. The number of thiophene rings is 1. The Morgan fingerprint density at radius 2 is 2.10 bits per heavy atom. The maximum Gasteiger partial charge on any atom is 0.310 e. The molecule has 1 aromatic carbocycles. The molecule has 0 fully saturated rings. The zero-order chi connectivity index (χ0) is 13.9. The molecule has 0 amide bonds. The van der Waals surface area contributed by atoms with Crippen molar-refractivity contribution in [2.45, 2.75) is 6.42 Å². The normalized spacial score (nSPS) is 10.7. The van der Waals surface area contributed by atoms with Gasteiger partial charge in [-0.2, -0.15) is 0 Å². The van der Waals surface area contributed by atoms with Crippen molar-refractivity contribution >= 4 is 28.2 Å². The van der Waals surface area contributed by atoms with Crippen LogP contribution >= 0.6 is 11.3 Å². The summed E-state index contributed by atoms with van der Waals surface area (Å²) >= 11 is 1.62. The second kappa shape index (κ2) is 5.43. The molecule has 3 nitrogen and oxygen atoms in total. The number of nitrogens with zero attached hydrogens (tertiary/aromatic N) is 1. The van der Waals surface area contributed by atoms with Crippen LogP contribution in [0, 0.1) is 0 Å². The minimum absolute atomic E-state index is 0.210. The summed E-state index contributed by atoms with van der Waals surface area (Å²) in [5.41, 5.74) is 2.13. The Hall–Kier alpha value is -2.20. The van der Waals surface area contributed by atoms with Gasteiger partial charge < -0.3 is 4.74 Å². The Bertz CT molecular complexity index is 759. The van der Waals surface area contributed by atoms with Crippen molar-refractivity contribution in [3.05, 3.63) is 53.5 Å². The average Bonchev–Trinajstić information content (AvgIpc) is 2.94. The van der Waals surface area contributed by atoms with E-state index in [1.807, 2.05) is 30.3 Å². The third-order valence-corrected chi connectivity index (χ3v) is 4.24. The van der Waals surface area contributed by atoms with E-state index in [1.54, 1.807) is 17.5 Å². The molecule has 2 aromatic heterocycles. The van der Waals surface area contributed by atoms with Crippen LogP contribution in [0.2, 0.25) is 0 Å². The molecule has 0 radical (unpaired) electrons. The molecule has 4 heteroatoms. The largest absolute Gasteiger partial charge is 0.469 e. The first kappa shape index (κ1) is 12.8. The molecule has 0 N–H and O–H groups in total. The van der Waals surface area contributed by atoms with Crippen molar-refractivity contribution in [2.75, 3.05) is 7.11 Å². The maximum absolute atomic E-state index is 11.3. The van der Waals surface area contributed by atoms with E-state index in [-0.39, 0.29) is 5.97 Å². The minimum atomic E-state index is -0.210. The molecule has 0 spiro atoms. The van der Waals surface area contributed by atoms with Gasteiger partial charge in [-0.3, -0.25) is 9.78 Å². The number of carbonyl (C=O) groups excluding carboxylic acids is 1. The monoisotopic (exact) mass is 283 g/mol. The molecule has 0 aliphatic carbocycles. The fourth-order valence-corrected chi connectivity index (χ4v) is 3.18. The predicted molar refractivity (Wildman–Crippen MR) is 80.8 cm³/mol. The van der Waals surface area contributed by atoms with Crippen LogP contribution in [0.3, 0.4) is 0 Å². The Balaban J connectivity index is 2.01. The number of carbonyl (C=O) groups is 1. The first-order valence-electron chi connectivity index (χ1n) is 6.27. The number of ether oxygens (including phenoxy) is 1. The molecule has 3 aromatic rings. The summed E-state index contributed by atoms with van der Waals surface area (Å²) in [6.07, 6.45) is 2.12. The molecule has 20 heavy (non-hydrogen) atoms. The van der Waals surface area contributed by atoms with E-state index in [0.717, 1.165) is 26.2 Å². The highest BCUT2D eigenvalue weighted by Gasteiger charge is 2.09. The number of fused-ring (bicyclic) bond motifs is 1. The van der Waals surface area contributed by atoms with Crippen molar-refractivity contribution in [3.63, 3.8) is 0 Å². The second-order valence-corrected chi connectivity index (χ2v) is 5.56. The van der Waals surface area contributed by atoms with Gasteiger partial charge in [-0.1, -0.05) is 18.2 Å². The number of benzene rings is 1.